The van der Waals surface area contributed by atoms with Crippen LogP contribution in [0.4, 0.5) is 5.69 Å². The minimum Gasteiger partial charge on any atom is -0.490 e. The molecule has 2 aromatic rings. The van der Waals surface area contributed by atoms with E-state index in [0.717, 1.165) is 19.4 Å². The summed E-state index contributed by atoms with van der Waals surface area (Å²) in [6.07, 6.45) is 2.15. The van der Waals surface area contributed by atoms with Gasteiger partial charge in [-0.3, -0.25) is 4.79 Å². The molecule has 2 aliphatic heterocycles. The highest BCUT2D eigenvalue weighted by Gasteiger charge is 2.26. The molecule has 0 spiro atoms. The van der Waals surface area contributed by atoms with E-state index in [-0.39, 0.29) is 16.9 Å². The van der Waals surface area contributed by atoms with Crippen LogP contribution in [-0.2, 0) is 19.5 Å². The third kappa shape index (κ3) is 5.49. The van der Waals surface area contributed by atoms with Crippen molar-refractivity contribution in [3.63, 3.8) is 0 Å². The molecule has 10 heteroatoms. The second kappa shape index (κ2) is 10.3. The number of ether oxygens (including phenoxy) is 3. The molecule has 1 amide bonds. The summed E-state index contributed by atoms with van der Waals surface area (Å²) >= 11 is 3.45. The molecule has 2 aromatic carbocycles. The molecule has 0 saturated carbocycles. The molecule has 32 heavy (non-hydrogen) atoms. The van der Waals surface area contributed by atoms with Gasteiger partial charge in [0.2, 0.25) is 10.0 Å². The van der Waals surface area contributed by atoms with Crippen LogP contribution < -0.4 is 10.1 Å². The lowest BCUT2D eigenvalue weighted by atomic mass is 10.2. The number of anilines is 1. The van der Waals surface area contributed by atoms with Gasteiger partial charge in [0.15, 0.2) is 0 Å². The summed E-state index contributed by atoms with van der Waals surface area (Å²) in [5.74, 6) is 0.342. The molecular formula is C22H25BrN2O6S. The molecule has 0 bridgehead atoms. The summed E-state index contributed by atoms with van der Waals surface area (Å²) in [6, 6.07) is 11.3. The van der Waals surface area contributed by atoms with Crippen molar-refractivity contribution in [3.05, 3.63) is 52.5 Å². The van der Waals surface area contributed by atoms with Gasteiger partial charge in [0.25, 0.3) is 5.91 Å². The number of hydrogen-bond acceptors (Lipinski definition) is 6. The first-order valence-corrected chi connectivity index (χ1v) is 12.7. The zero-order valence-electron chi connectivity index (χ0n) is 17.5. The van der Waals surface area contributed by atoms with Gasteiger partial charge < -0.3 is 19.5 Å². The van der Waals surface area contributed by atoms with E-state index in [1.807, 2.05) is 0 Å². The Morgan fingerprint density at radius 3 is 2.53 bits per heavy atom. The van der Waals surface area contributed by atoms with E-state index in [9.17, 15) is 13.2 Å². The second-order valence-electron chi connectivity index (χ2n) is 7.59. The first kappa shape index (κ1) is 23.2. The highest BCUT2D eigenvalue weighted by Crippen LogP contribution is 2.28. The number of halogens is 1. The van der Waals surface area contributed by atoms with Crippen molar-refractivity contribution in [2.45, 2.75) is 23.8 Å². The van der Waals surface area contributed by atoms with E-state index in [4.69, 9.17) is 14.2 Å². The minimum atomic E-state index is -3.57. The lowest BCUT2D eigenvalue weighted by Gasteiger charge is -2.26. The molecule has 0 aromatic heterocycles. The van der Waals surface area contributed by atoms with Crippen molar-refractivity contribution in [2.24, 2.45) is 0 Å². The predicted octanol–water partition coefficient (Wildman–Crippen LogP) is 3.28. The standard InChI is InChI=1S/C22H25BrN2O6S/c23-20-14-16(3-8-21(20)31-15-18-2-1-11-30-18)22(26)24-17-4-6-19(7-5-17)32(27,28)25-9-12-29-13-10-25/h3-8,14,18H,1-2,9-13,15H2,(H,24,26). The Bertz CT molecular complexity index is 1050. The average Bonchev–Trinajstić information content (AvgIpc) is 3.33. The fourth-order valence-corrected chi connectivity index (χ4v) is 5.47. The number of morpholine rings is 1. The smallest absolute Gasteiger partial charge is 0.255 e. The summed E-state index contributed by atoms with van der Waals surface area (Å²) in [7, 11) is -3.57. The molecule has 172 valence electrons. The molecule has 0 aliphatic carbocycles. The van der Waals surface area contributed by atoms with E-state index >= 15 is 0 Å². The Labute approximate surface area is 196 Å². The third-order valence-electron chi connectivity index (χ3n) is 5.36. The topological polar surface area (TPSA) is 94.2 Å². The van der Waals surface area contributed by atoms with Gasteiger partial charge in [-0.2, -0.15) is 4.31 Å². The van der Waals surface area contributed by atoms with Crippen molar-refractivity contribution in [3.8, 4) is 5.75 Å². The van der Waals surface area contributed by atoms with Gasteiger partial charge in [0, 0.05) is 30.9 Å². The fraction of sp³-hybridized carbons (Fsp3) is 0.409. The van der Waals surface area contributed by atoms with Crippen LogP contribution in [-0.4, -0.2) is 64.3 Å². The number of nitrogens with zero attached hydrogens (tertiary/aromatic N) is 1. The molecule has 1 unspecified atom stereocenters. The van der Waals surface area contributed by atoms with Crippen LogP contribution in [0.2, 0.25) is 0 Å². The molecule has 1 atom stereocenters. The molecule has 2 aliphatic rings. The molecule has 1 N–H and O–H groups in total. The largest absolute Gasteiger partial charge is 0.490 e. The number of carbonyl (C=O) groups excluding carboxylic acids is 1. The Hall–Kier alpha value is -1.98. The van der Waals surface area contributed by atoms with E-state index in [1.165, 1.54) is 16.4 Å². The zero-order chi connectivity index (χ0) is 22.6. The van der Waals surface area contributed by atoms with Gasteiger partial charge in [-0.1, -0.05) is 0 Å². The molecule has 2 heterocycles. The lowest BCUT2D eigenvalue weighted by Crippen LogP contribution is -2.40. The lowest BCUT2D eigenvalue weighted by molar-refractivity contribution is 0.0677. The number of benzene rings is 2. The summed E-state index contributed by atoms with van der Waals surface area (Å²) in [5.41, 5.74) is 0.956. The van der Waals surface area contributed by atoms with Crippen LogP contribution in [0.1, 0.15) is 23.2 Å². The maximum Gasteiger partial charge on any atom is 0.255 e. The van der Waals surface area contributed by atoms with Crippen LogP contribution in [0.15, 0.2) is 51.8 Å². The number of nitrogens with one attached hydrogen (secondary N) is 1. The number of sulfonamides is 1. The quantitative estimate of drug-likeness (QED) is 0.597. The minimum absolute atomic E-state index is 0.111. The van der Waals surface area contributed by atoms with Crippen LogP contribution in [0.5, 0.6) is 5.75 Å². The summed E-state index contributed by atoms with van der Waals surface area (Å²) in [4.78, 5) is 12.8. The SMILES string of the molecule is O=C(Nc1ccc(S(=O)(=O)N2CCOCC2)cc1)c1ccc(OCC2CCCO2)c(Br)c1. The Morgan fingerprint density at radius 2 is 1.88 bits per heavy atom. The van der Waals surface area contributed by atoms with Crippen molar-refractivity contribution < 1.29 is 27.4 Å². The Kier molecular flexibility index (Phi) is 7.47. The van der Waals surface area contributed by atoms with Crippen molar-refractivity contribution in [1.29, 1.82) is 0 Å². The summed E-state index contributed by atoms with van der Waals surface area (Å²) < 4.78 is 44.1. The van der Waals surface area contributed by atoms with E-state index in [0.29, 0.717) is 54.4 Å². The fourth-order valence-electron chi connectivity index (χ4n) is 3.57. The van der Waals surface area contributed by atoms with Gasteiger partial charge in [0.05, 0.1) is 28.7 Å². The van der Waals surface area contributed by atoms with Gasteiger partial charge in [0.1, 0.15) is 12.4 Å². The van der Waals surface area contributed by atoms with Crippen molar-refractivity contribution >= 4 is 37.5 Å². The first-order chi connectivity index (χ1) is 15.4. The Morgan fingerprint density at radius 1 is 1.12 bits per heavy atom. The maximum absolute atomic E-state index is 12.7. The molecule has 2 saturated heterocycles. The van der Waals surface area contributed by atoms with Gasteiger partial charge in [-0.15, -0.1) is 0 Å². The average molecular weight is 525 g/mol. The highest BCUT2D eigenvalue weighted by molar-refractivity contribution is 9.10. The van der Waals surface area contributed by atoms with E-state index in [2.05, 4.69) is 21.2 Å². The number of carbonyl (C=O) groups is 1. The van der Waals surface area contributed by atoms with Crippen LogP contribution in [0, 0.1) is 0 Å². The monoisotopic (exact) mass is 524 g/mol. The van der Waals surface area contributed by atoms with Gasteiger partial charge in [-0.05, 0) is 71.2 Å². The zero-order valence-corrected chi connectivity index (χ0v) is 19.9. The van der Waals surface area contributed by atoms with Crippen LogP contribution in [0.25, 0.3) is 0 Å². The second-order valence-corrected chi connectivity index (χ2v) is 10.4. The number of hydrogen-bond donors (Lipinski definition) is 1. The summed E-state index contributed by atoms with van der Waals surface area (Å²) in [5, 5.41) is 2.79. The van der Waals surface area contributed by atoms with Gasteiger partial charge in [-0.25, -0.2) is 8.42 Å². The van der Waals surface area contributed by atoms with Crippen molar-refractivity contribution in [1.82, 2.24) is 4.31 Å². The van der Waals surface area contributed by atoms with Crippen LogP contribution >= 0.6 is 15.9 Å². The third-order valence-corrected chi connectivity index (χ3v) is 7.90. The first-order valence-electron chi connectivity index (χ1n) is 10.5. The molecular weight excluding hydrogens is 500 g/mol. The van der Waals surface area contributed by atoms with Crippen molar-refractivity contribution in [2.75, 3.05) is 44.8 Å². The molecule has 4 rings (SSSR count). The van der Waals surface area contributed by atoms with E-state index in [1.54, 1.807) is 30.3 Å². The normalized spacial score (nSPS) is 19.6. The van der Waals surface area contributed by atoms with Crippen LogP contribution in [0.3, 0.4) is 0 Å². The summed E-state index contributed by atoms with van der Waals surface area (Å²) in [6.45, 7) is 2.70. The number of amides is 1. The highest BCUT2D eigenvalue weighted by atomic mass is 79.9. The van der Waals surface area contributed by atoms with E-state index < -0.39 is 10.0 Å². The predicted molar refractivity (Wildman–Crippen MR) is 123 cm³/mol. The molecule has 0 radical (unpaired) electrons. The maximum atomic E-state index is 12.7. The molecule has 2 fully saturated rings. The van der Waals surface area contributed by atoms with Gasteiger partial charge >= 0.3 is 0 Å². The molecule has 8 nitrogen and oxygen atoms in total. The number of rotatable bonds is 7. The Balaban J connectivity index is 1.37.